The van der Waals surface area contributed by atoms with Gasteiger partial charge in [-0.1, -0.05) is 6.58 Å². The molecule has 0 aliphatic heterocycles. The van der Waals surface area contributed by atoms with Gasteiger partial charge in [-0.25, -0.2) is 4.79 Å². The minimum absolute atomic E-state index is 0.164. The lowest BCUT2D eigenvalue weighted by atomic mass is 10.4. The first-order valence-corrected chi connectivity index (χ1v) is 1.99. The van der Waals surface area contributed by atoms with Gasteiger partial charge in [-0.3, -0.25) is 0 Å². The molecule has 0 radical (unpaired) electrons. The molecule has 0 amide bonds. The summed E-state index contributed by atoms with van der Waals surface area (Å²) in [5.74, 6) is -1.05. The highest BCUT2D eigenvalue weighted by atomic mass is 16.4. The summed E-state index contributed by atoms with van der Waals surface area (Å²) in [7, 11) is 0. The Morgan fingerprint density at radius 2 is 2.25 bits per heavy atom. The number of carboxylic acids is 1. The van der Waals surface area contributed by atoms with Gasteiger partial charge in [0.2, 0.25) is 0 Å². The number of carbonyl (C=O) groups is 1. The summed E-state index contributed by atoms with van der Waals surface area (Å²) in [5, 5.41) is 8.01. The number of allylic oxidation sites excluding steroid dienone is 1. The van der Waals surface area contributed by atoms with Crippen molar-refractivity contribution in [3.05, 3.63) is 24.4 Å². The van der Waals surface area contributed by atoms with E-state index in [2.05, 4.69) is 6.58 Å². The van der Waals surface area contributed by atoms with Crippen LogP contribution >= 0.6 is 0 Å². The monoisotopic (exact) mass is 113 g/mol. The molecule has 0 heterocycles. The SMILES string of the molecule is C=CC(N)=CC(=O)O. The van der Waals surface area contributed by atoms with E-state index in [1.165, 1.54) is 6.08 Å². The van der Waals surface area contributed by atoms with E-state index in [0.717, 1.165) is 6.08 Å². The maximum Gasteiger partial charge on any atom is 0.330 e. The Bertz CT molecular complexity index is 137. The van der Waals surface area contributed by atoms with Crippen LogP contribution in [0.5, 0.6) is 0 Å². The number of nitrogens with two attached hydrogens (primary N) is 1. The average Bonchev–Trinajstić information content (AvgIpc) is 1.65. The van der Waals surface area contributed by atoms with Gasteiger partial charge in [0, 0.05) is 11.8 Å². The van der Waals surface area contributed by atoms with E-state index in [9.17, 15) is 4.79 Å². The lowest BCUT2D eigenvalue weighted by Gasteiger charge is -1.83. The van der Waals surface area contributed by atoms with E-state index >= 15 is 0 Å². The molecule has 0 spiro atoms. The van der Waals surface area contributed by atoms with Gasteiger partial charge >= 0.3 is 5.97 Å². The Hall–Kier alpha value is -1.25. The molecule has 0 saturated carbocycles. The summed E-state index contributed by atoms with van der Waals surface area (Å²) in [5.41, 5.74) is 5.20. The fraction of sp³-hybridized carbons (Fsp3) is 0. The van der Waals surface area contributed by atoms with Crippen molar-refractivity contribution < 1.29 is 9.90 Å². The van der Waals surface area contributed by atoms with Crippen LogP contribution in [0.4, 0.5) is 0 Å². The predicted octanol–water partition coefficient (Wildman–Crippen LogP) is 0.0996. The third kappa shape index (κ3) is 2.96. The van der Waals surface area contributed by atoms with Crippen molar-refractivity contribution in [2.45, 2.75) is 0 Å². The molecule has 0 bridgehead atoms. The zero-order chi connectivity index (χ0) is 6.57. The highest BCUT2D eigenvalue weighted by Gasteiger charge is 1.86. The normalized spacial score (nSPS) is 10.8. The van der Waals surface area contributed by atoms with Crippen molar-refractivity contribution in [1.82, 2.24) is 0 Å². The van der Waals surface area contributed by atoms with E-state index in [0.29, 0.717) is 0 Å². The second-order valence-electron chi connectivity index (χ2n) is 1.19. The summed E-state index contributed by atoms with van der Waals surface area (Å²) >= 11 is 0. The Labute approximate surface area is 47.1 Å². The molecule has 0 aliphatic carbocycles. The minimum atomic E-state index is -1.05. The quantitative estimate of drug-likeness (QED) is 0.394. The number of carboxylic acid groups (broad SMARTS) is 1. The van der Waals surface area contributed by atoms with Crippen LogP contribution in [0.3, 0.4) is 0 Å². The smallest absolute Gasteiger partial charge is 0.330 e. The van der Waals surface area contributed by atoms with Crippen LogP contribution in [0.1, 0.15) is 0 Å². The van der Waals surface area contributed by atoms with Gasteiger partial charge in [0.25, 0.3) is 0 Å². The molecule has 0 atom stereocenters. The van der Waals surface area contributed by atoms with Crippen molar-refractivity contribution in [2.75, 3.05) is 0 Å². The van der Waals surface area contributed by atoms with Crippen molar-refractivity contribution in [1.29, 1.82) is 0 Å². The van der Waals surface area contributed by atoms with E-state index in [-0.39, 0.29) is 5.70 Å². The average molecular weight is 113 g/mol. The van der Waals surface area contributed by atoms with Gasteiger partial charge < -0.3 is 10.8 Å². The largest absolute Gasteiger partial charge is 0.478 e. The third-order valence-corrected chi connectivity index (χ3v) is 0.526. The predicted molar refractivity (Wildman–Crippen MR) is 30.1 cm³/mol. The molecule has 0 unspecified atom stereocenters. The molecule has 0 saturated heterocycles. The first-order valence-electron chi connectivity index (χ1n) is 1.99. The topological polar surface area (TPSA) is 63.3 Å². The highest BCUT2D eigenvalue weighted by molar-refractivity contribution is 5.80. The molecule has 0 aliphatic rings. The molecule has 0 aromatic heterocycles. The molecule has 3 nitrogen and oxygen atoms in total. The van der Waals surface area contributed by atoms with Gasteiger partial charge in [-0.15, -0.1) is 0 Å². The summed E-state index contributed by atoms with van der Waals surface area (Å²) in [6.45, 7) is 3.26. The molecule has 0 aromatic carbocycles. The third-order valence-electron chi connectivity index (χ3n) is 0.526. The number of hydrogen-bond acceptors (Lipinski definition) is 2. The second kappa shape index (κ2) is 2.85. The van der Waals surface area contributed by atoms with Crippen LogP contribution in [-0.2, 0) is 4.79 Å². The minimum Gasteiger partial charge on any atom is -0.478 e. The van der Waals surface area contributed by atoms with Crippen molar-refractivity contribution in [2.24, 2.45) is 5.73 Å². The van der Waals surface area contributed by atoms with Crippen molar-refractivity contribution >= 4 is 5.97 Å². The molecule has 8 heavy (non-hydrogen) atoms. The standard InChI is InChI=1S/C5H7NO2/c1-2-4(6)3-5(7)8/h2-3H,1,6H2,(H,7,8). The molecule has 3 heteroatoms. The molecule has 44 valence electrons. The fourth-order valence-corrected chi connectivity index (χ4v) is 0.202. The Balaban J connectivity index is 3.94. The van der Waals surface area contributed by atoms with Crippen molar-refractivity contribution in [3.8, 4) is 0 Å². The zero-order valence-electron chi connectivity index (χ0n) is 4.29. The Morgan fingerprint density at radius 3 is 2.38 bits per heavy atom. The van der Waals surface area contributed by atoms with E-state index < -0.39 is 5.97 Å². The fourth-order valence-electron chi connectivity index (χ4n) is 0.202. The summed E-state index contributed by atoms with van der Waals surface area (Å²) < 4.78 is 0. The summed E-state index contributed by atoms with van der Waals surface area (Å²) in [6.07, 6.45) is 2.15. The zero-order valence-corrected chi connectivity index (χ0v) is 4.29. The lowest BCUT2D eigenvalue weighted by molar-refractivity contribution is -0.131. The van der Waals surface area contributed by atoms with Gasteiger partial charge in [0.1, 0.15) is 0 Å². The summed E-state index contributed by atoms with van der Waals surface area (Å²) in [4.78, 5) is 9.76. The first kappa shape index (κ1) is 6.75. The van der Waals surface area contributed by atoms with Crippen LogP contribution in [0.15, 0.2) is 24.4 Å². The molecular formula is C5H7NO2. The van der Waals surface area contributed by atoms with Crippen LogP contribution in [0, 0.1) is 0 Å². The van der Waals surface area contributed by atoms with Gasteiger partial charge in [0.15, 0.2) is 0 Å². The van der Waals surface area contributed by atoms with Gasteiger partial charge in [-0.05, 0) is 6.08 Å². The molecule has 0 fully saturated rings. The number of rotatable bonds is 2. The lowest BCUT2D eigenvalue weighted by Crippen LogP contribution is -1.97. The molecule has 3 N–H and O–H groups in total. The van der Waals surface area contributed by atoms with Gasteiger partial charge in [0.05, 0.1) is 0 Å². The van der Waals surface area contributed by atoms with E-state index in [4.69, 9.17) is 10.8 Å². The van der Waals surface area contributed by atoms with Crippen molar-refractivity contribution in [3.63, 3.8) is 0 Å². The Kier molecular flexibility index (Phi) is 2.40. The van der Waals surface area contributed by atoms with Crippen LogP contribution in [0.25, 0.3) is 0 Å². The Morgan fingerprint density at radius 1 is 1.75 bits per heavy atom. The summed E-state index contributed by atoms with van der Waals surface area (Å²) in [6, 6.07) is 0. The molecule has 0 rings (SSSR count). The molecular weight excluding hydrogens is 106 g/mol. The van der Waals surface area contributed by atoms with Gasteiger partial charge in [-0.2, -0.15) is 0 Å². The van der Waals surface area contributed by atoms with E-state index in [1.807, 2.05) is 0 Å². The number of hydrogen-bond donors (Lipinski definition) is 2. The van der Waals surface area contributed by atoms with Crippen LogP contribution < -0.4 is 5.73 Å². The molecule has 0 aromatic rings. The second-order valence-corrected chi connectivity index (χ2v) is 1.19. The van der Waals surface area contributed by atoms with E-state index in [1.54, 1.807) is 0 Å². The number of aliphatic carboxylic acids is 1. The van der Waals surface area contributed by atoms with Crippen LogP contribution in [0.2, 0.25) is 0 Å². The first-order chi connectivity index (χ1) is 3.66. The maximum atomic E-state index is 9.76. The highest BCUT2D eigenvalue weighted by Crippen LogP contribution is 1.81. The maximum absolute atomic E-state index is 9.76. The van der Waals surface area contributed by atoms with Crippen LogP contribution in [-0.4, -0.2) is 11.1 Å².